The highest BCUT2D eigenvalue weighted by Crippen LogP contribution is 2.05. The molecule has 0 spiro atoms. The summed E-state index contributed by atoms with van der Waals surface area (Å²) >= 11 is 0. The fraction of sp³-hybridized carbons (Fsp3) is 0.125. The predicted molar refractivity (Wildman–Crippen MR) is 44.6 cm³/mol. The summed E-state index contributed by atoms with van der Waals surface area (Å²) < 4.78 is 5.14. The molecule has 0 aromatic carbocycles. The van der Waals surface area contributed by atoms with Crippen LogP contribution in [-0.4, -0.2) is 10.2 Å². The van der Waals surface area contributed by atoms with E-state index in [1.54, 1.807) is 18.7 Å². The van der Waals surface area contributed by atoms with E-state index >= 15 is 0 Å². The molecule has 2 N–H and O–H groups in total. The zero-order valence-electron chi connectivity index (χ0n) is 6.45. The van der Waals surface area contributed by atoms with Crippen LogP contribution in [-0.2, 0) is 6.54 Å². The van der Waals surface area contributed by atoms with Crippen molar-refractivity contribution in [2.45, 2.75) is 6.54 Å². The van der Waals surface area contributed by atoms with Crippen molar-refractivity contribution < 1.29 is 4.42 Å². The second-order valence-corrected chi connectivity index (χ2v) is 2.42. The van der Waals surface area contributed by atoms with Crippen LogP contribution in [0.15, 0.2) is 35.2 Å². The summed E-state index contributed by atoms with van der Waals surface area (Å²) in [6.07, 6.45) is 5.18. The second-order valence-electron chi connectivity index (χ2n) is 2.42. The Hall–Kier alpha value is -1.71. The molecule has 0 aliphatic heterocycles. The second kappa shape index (κ2) is 3.13. The average Bonchev–Trinajstić information content (AvgIpc) is 2.74. The first-order valence-electron chi connectivity index (χ1n) is 3.70. The van der Waals surface area contributed by atoms with Gasteiger partial charge >= 0.3 is 0 Å². The van der Waals surface area contributed by atoms with Crippen LogP contribution in [0.5, 0.6) is 0 Å². The van der Waals surface area contributed by atoms with Crippen molar-refractivity contribution in [3.05, 3.63) is 36.5 Å². The Morgan fingerprint density at radius 3 is 3.25 bits per heavy atom. The van der Waals surface area contributed by atoms with E-state index in [9.17, 15) is 0 Å². The van der Waals surface area contributed by atoms with E-state index in [-0.39, 0.29) is 0 Å². The van der Waals surface area contributed by atoms with E-state index in [1.165, 1.54) is 0 Å². The molecule has 4 heteroatoms. The van der Waals surface area contributed by atoms with Gasteiger partial charge in [-0.25, -0.2) is 0 Å². The summed E-state index contributed by atoms with van der Waals surface area (Å²) in [5, 5.41) is 9.66. The van der Waals surface area contributed by atoms with E-state index in [1.807, 2.05) is 12.1 Å². The molecule has 2 heterocycles. The molecule has 0 aliphatic carbocycles. The van der Waals surface area contributed by atoms with Crippen LogP contribution in [0.1, 0.15) is 5.76 Å². The normalized spacial score (nSPS) is 10.0. The van der Waals surface area contributed by atoms with Gasteiger partial charge in [0.2, 0.25) is 0 Å². The lowest BCUT2D eigenvalue weighted by Crippen LogP contribution is -1.95. The number of aromatic nitrogens is 2. The number of nitrogens with zero attached hydrogens (tertiary/aromatic N) is 1. The van der Waals surface area contributed by atoms with E-state index in [2.05, 4.69) is 15.5 Å². The van der Waals surface area contributed by atoms with E-state index in [0.29, 0.717) is 6.54 Å². The lowest BCUT2D eigenvalue weighted by atomic mass is 10.4. The van der Waals surface area contributed by atoms with Crippen LogP contribution in [0.4, 0.5) is 5.69 Å². The van der Waals surface area contributed by atoms with Crippen molar-refractivity contribution in [3.63, 3.8) is 0 Å². The van der Waals surface area contributed by atoms with Gasteiger partial charge in [-0.05, 0) is 12.1 Å². The number of rotatable bonds is 3. The monoisotopic (exact) mass is 163 g/mol. The number of furan rings is 1. The summed E-state index contributed by atoms with van der Waals surface area (Å²) in [7, 11) is 0. The van der Waals surface area contributed by atoms with Gasteiger partial charge in [-0.1, -0.05) is 0 Å². The number of anilines is 1. The molecule has 2 aromatic rings. The minimum atomic E-state index is 0.687. The molecule has 0 bridgehead atoms. The summed E-state index contributed by atoms with van der Waals surface area (Å²) in [4.78, 5) is 0. The third-order valence-corrected chi connectivity index (χ3v) is 1.55. The number of aromatic amines is 1. The zero-order chi connectivity index (χ0) is 8.23. The Morgan fingerprint density at radius 2 is 2.58 bits per heavy atom. The van der Waals surface area contributed by atoms with Crippen molar-refractivity contribution >= 4 is 5.69 Å². The first kappa shape index (κ1) is 6.97. The molecular formula is C8H9N3O. The maximum atomic E-state index is 5.14. The minimum Gasteiger partial charge on any atom is -0.467 e. The number of hydrogen-bond acceptors (Lipinski definition) is 3. The molecule has 12 heavy (non-hydrogen) atoms. The molecule has 2 rings (SSSR count). The Kier molecular flexibility index (Phi) is 1.82. The van der Waals surface area contributed by atoms with Gasteiger partial charge in [0.25, 0.3) is 0 Å². The maximum Gasteiger partial charge on any atom is 0.122 e. The molecular weight excluding hydrogens is 154 g/mol. The highest BCUT2D eigenvalue weighted by atomic mass is 16.3. The predicted octanol–water partition coefficient (Wildman–Crippen LogP) is 1.61. The van der Waals surface area contributed by atoms with Gasteiger partial charge in [-0.3, -0.25) is 5.10 Å². The van der Waals surface area contributed by atoms with Gasteiger partial charge in [0.15, 0.2) is 0 Å². The molecule has 0 amide bonds. The van der Waals surface area contributed by atoms with Gasteiger partial charge < -0.3 is 9.73 Å². The van der Waals surface area contributed by atoms with Crippen LogP contribution in [0.2, 0.25) is 0 Å². The van der Waals surface area contributed by atoms with Crippen molar-refractivity contribution in [2.75, 3.05) is 5.32 Å². The Balaban J connectivity index is 1.91. The quantitative estimate of drug-likeness (QED) is 0.722. The Labute approximate surface area is 69.6 Å². The van der Waals surface area contributed by atoms with E-state index in [4.69, 9.17) is 4.42 Å². The van der Waals surface area contributed by atoms with Gasteiger partial charge in [0.05, 0.1) is 24.7 Å². The first-order chi connectivity index (χ1) is 5.95. The standard InChI is InChI=1S/C8H9N3O/c1-2-8(12-3-1)6-9-7-4-10-11-5-7/h1-5,9H,6H2,(H,10,11). The molecule has 0 unspecified atom stereocenters. The van der Waals surface area contributed by atoms with Crippen molar-refractivity contribution in [1.82, 2.24) is 10.2 Å². The van der Waals surface area contributed by atoms with E-state index in [0.717, 1.165) is 11.4 Å². The number of nitrogens with one attached hydrogen (secondary N) is 2. The molecule has 0 saturated carbocycles. The molecule has 2 aromatic heterocycles. The minimum absolute atomic E-state index is 0.687. The molecule has 0 fully saturated rings. The topological polar surface area (TPSA) is 53.9 Å². The van der Waals surface area contributed by atoms with Crippen LogP contribution in [0.25, 0.3) is 0 Å². The summed E-state index contributed by atoms with van der Waals surface area (Å²) in [6.45, 7) is 0.687. The molecule has 62 valence electrons. The van der Waals surface area contributed by atoms with Crippen LogP contribution in [0.3, 0.4) is 0 Å². The van der Waals surface area contributed by atoms with Crippen molar-refractivity contribution in [1.29, 1.82) is 0 Å². The van der Waals surface area contributed by atoms with Crippen LogP contribution < -0.4 is 5.32 Å². The van der Waals surface area contributed by atoms with E-state index < -0.39 is 0 Å². The molecule has 0 aliphatic rings. The SMILES string of the molecule is c1coc(CNc2cn[nH]c2)c1. The molecule has 4 nitrogen and oxygen atoms in total. The highest BCUT2D eigenvalue weighted by molar-refractivity contribution is 5.37. The van der Waals surface area contributed by atoms with Crippen LogP contribution in [0, 0.1) is 0 Å². The third-order valence-electron chi connectivity index (χ3n) is 1.55. The largest absolute Gasteiger partial charge is 0.467 e. The number of H-pyrrole nitrogens is 1. The third kappa shape index (κ3) is 1.47. The van der Waals surface area contributed by atoms with Crippen molar-refractivity contribution in [2.24, 2.45) is 0 Å². The maximum absolute atomic E-state index is 5.14. The van der Waals surface area contributed by atoms with Crippen LogP contribution >= 0.6 is 0 Å². The Morgan fingerprint density at radius 1 is 1.58 bits per heavy atom. The average molecular weight is 163 g/mol. The lowest BCUT2D eigenvalue weighted by molar-refractivity contribution is 0.518. The lowest BCUT2D eigenvalue weighted by Gasteiger charge is -1.98. The summed E-state index contributed by atoms with van der Waals surface area (Å²) in [5.41, 5.74) is 0.964. The van der Waals surface area contributed by atoms with Gasteiger partial charge in [-0.2, -0.15) is 5.10 Å². The molecule has 0 saturated heterocycles. The fourth-order valence-corrected chi connectivity index (χ4v) is 0.950. The fourth-order valence-electron chi connectivity index (χ4n) is 0.950. The van der Waals surface area contributed by atoms with Gasteiger partial charge in [0, 0.05) is 6.20 Å². The molecule has 0 radical (unpaired) electrons. The van der Waals surface area contributed by atoms with Crippen molar-refractivity contribution in [3.8, 4) is 0 Å². The summed E-state index contributed by atoms with van der Waals surface area (Å²) in [5.74, 6) is 0.913. The van der Waals surface area contributed by atoms with Gasteiger partial charge in [-0.15, -0.1) is 0 Å². The summed E-state index contributed by atoms with van der Waals surface area (Å²) in [6, 6.07) is 3.79. The zero-order valence-corrected chi connectivity index (χ0v) is 6.45. The molecule has 0 atom stereocenters. The first-order valence-corrected chi connectivity index (χ1v) is 3.70. The Bertz CT molecular complexity index is 278. The highest BCUT2D eigenvalue weighted by Gasteiger charge is 1.95. The smallest absolute Gasteiger partial charge is 0.122 e. The number of hydrogen-bond donors (Lipinski definition) is 2. The van der Waals surface area contributed by atoms with Gasteiger partial charge in [0.1, 0.15) is 5.76 Å².